The number of carbonyl (C=O) groups is 1. The van der Waals surface area contributed by atoms with Crippen molar-refractivity contribution in [3.8, 4) is 5.75 Å². The number of hydrogen-bond acceptors (Lipinski definition) is 4. The van der Waals surface area contributed by atoms with E-state index in [9.17, 15) is 4.79 Å². The van der Waals surface area contributed by atoms with Crippen molar-refractivity contribution >= 4 is 25.9 Å². The molecule has 0 saturated carbocycles. The van der Waals surface area contributed by atoms with Crippen molar-refractivity contribution in [2.75, 3.05) is 20.3 Å². The van der Waals surface area contributed by atoms with Crippen LogP contribution in [0.3, 0.4) is 0 Å². The molecule has 0 spiro atoms. The van der Waals surface area contributed by atoms with E-state index in [0.717, 1.165) is 0 Å². The number of methoxy groups -OCH3 is 1. The molecule has 124 valence electrons. The van der Waals surface area contributed by atoms with E-state index in [1.807, 2.05) is 0 Å². The molecule has 22 heavy (non-hydrogen) atoms. The van der Waals surface area contributed by atoms with Crippen LogP contribution in [0, 0.1) is 0 Å². The summed E-state index contributed by atoms with van der Waals surface area (Å²) in [6.07, 6.45) is 0. The molecule has 0 atom stereocenters. The quantitative estimate of drug-likeness (QED) is 0.432. The lowest BCUT2D eigenvalue weighted by atomic mass is 10.2. The van der Waals surface area contributed by atoms with Crippen molar-refractivity contribution in [3.63, 3.8) is 0 Å². The van der Waals surface area contributed by atoms with Gasteiger partial charge in [-0.1, -0.05) is 32.4 Å². The van der Waals surface area contributed by atoms with Gasteiger partial charge in [0, 0.05) is 5.02 Å². The minimum atomic E-state index is -1.79. The molecule has 1 rings (SSSR count). The van der Waals surface area contributed by atoms with E-state index in [2.05, 4.69) is 33.9 Å². The average Bonchev–Trinajstić information content (AvgIpc) is 2.42. The number of esters is 1. The van der Waals surface area contributed by atoms with Gasteiger partial charge in [-0.3, -0.25) is 0 Å². The van der Waals surface area contributed by atoms with Crippen LogP contribution in [-0.2, 0) is 9.16 Å². The number of ether oxygens (including phenoxy) is 2. The average molecular weight is 345 g/mol. The van der Waals surface area contributed by atoms with E-state index < -0.39 is 14.3 Å². The zero-order valence-corrected chi connectivity index (χ0v) is 15.9. The van der Waals surface area contributed by atoms with Crippen molar-refractivity contribution in [1.82, 2.24) is 0 Å². The van der Waals surface area contributed by atoms with Gasteiger partial charge in [-0.15, -0.1) is 0 Å². The Balaban J connectivity index is 2.65. The summed E-state index contributed by atoms with van der Waals surface area (Å²) < 4.78 is 16.4. The van der Waals surface area contributed by atoms with E-state index in [1.54, 1.807) is 12.1 Å². The minimum Gasteiger partial charge on any atom is -0.490 e. The Morgan fingerprint density at radius 3 is 2.41 bits per heavy atom. The largest absolute Gasteiger partial charge is 0.490 e. The van der Waals surface area contributed by atoms with Crippen LogP contribution >= 0.6 is 11.6 Å². The molecule has 1 aromatic carbocycles. The maximum absolute atomic E-state index is 11.7. The van der Waals surface area contributed by atoms with Crippen LogP contribution in [0.5, 0.6) is 5.75 Å². The Bertz CT molecular complexity index is 523. The minimum absolute atomic E-state index is 0.157. The van der Waals surface area contributed by atoms with E-state index in [1.165, 1.54) is 13.2 Å². The highest BCUT2D eigenvalue weighted by Crippen LogP contribution is 2.36. The Morgan fingerprint density at radius 1 is 1.23 bits per heavy atom. The number of halogens is 1. The first-order valence-corrected chi connectivity index (χ1v) is 10.5. The van der Waals surface area contributed by atoms with Crippen LogP contribution in [0.25, 0.3) is 0 Å². The van der Waals surface area contributed by atoms with Crippen molar-refractivity contribution < 1.29 is 18.7 Å². The van der Waals surface area contributed by atoms with E-state index in [0.29, 0.717) is 29.5 Å². The highest BCUT2D eigenvalue weighted by molar-refractivity contribution is 6.74. The molecular weight excluding hydrogens is 320 g/mol. The Kier molecular flexibility index (Phi) is 6.46. The van der Waals surface area contributed by atoms with Gasteiger partial charge < -0.3 is 13.9 Å². The van der Waals surface area contributed by atoms with E-state index >= 15 is 0 Å². The molecule has 0 aliphatic heterocycles. The summed E-state index contributed by atoms with van der Waals surface area (Å²) in [5.41, 5.74) is 0.322. The van der Waals surface area contributed by atoms with Crippen LogP contribution in [-0.4, -0.2) is 34.6 Å². The standard InChI is InChI=1S/C16H25ClO4Si/c1-16(2,3)22(5,6)21-10-9-20-14-8-7-12(17)11-13(14)15(18)19-4/h7-8,11H,9-10H2,1-6H3. The van der Waals surface area contributed by atoms with Crippen molar-refractivity contribution in [2.45, 2.75) is 38.9 Å². The van der Waals surface area contributed by atoms with Gasteiger partial charge in [-0.05, 0) is 36.3 Å². The first kappa shape index (κ1) is 19.0. The monoisotopic (exact) mass is 344 g/mol. The molecule has 0 fully saturated rings. The number of benzene rings is 1. The van der Waals surface area contributed by atoms with E-state index in [-0.39, 0.29) is 5.04 Å². The fraction of sp³-hybridized carbons (Fsp3) is 0.562. The predicted octanol–water partition coefficient (Wildman–Crippen LogP) is 4.53. The van der Waals surface area contributed by atoms with Crippen LogP contribution in [0.15, 0.2) is 18.2 Å². The van der Waals surface area contributed by atoms with Gasteiger partial charge in [0.05, 0.1) is 13.7 Å². The first-order chi connectivity index (χ1) is 10.1. The van der Waals surface area contributed by atoms with Gasteiger partial charge in [0.15, 0.2) is 8.32 Å². The summed E-state index contributed by atoms with van der Waals surface area (Å²) in [5, 5.41) is 0.620. The molecule has 0 amide bonds. The Hall–Kier alpha value is -1.04. The summed E-state index contributed by atoms with van der Waals surface area (Å²) in [6.45, 7) is 11.8. The van der Waals surface area contributed by atoms with Gasteiger partial charge in [-0.2, -0.15) is 0 Å². The molecule has 0 heterocycles. The number of hydrogen-bond donors (Lipinski definition) is 0. The first-order valence-electron chi connectivity index (χ1n) is 7.23. The lowest BCUT2D eigenvalue weighted by Gasteiger charge is -2.36. The highest BCUT2D eigenvalue weighted by atomic mass is 35.5. The molecular formula is C16H25ClO4Si. The normalized spacial score (nSPS) is 12.1. The second kappa shape index (κ2) is 7.48. The molecule has 0 aliphatic rings. The van der Waals surface area contributed by atoms with Crippen LogP contribution in [0.1, 0.15) is 31.1 Å². The number of carbonyl (C=O) groups excluding carboxylic acids is 1. The maximum Gasteiger partial charge on any atom is 0.341 e. The molecule has 0 saturated heterocycles. The highest BCUT2D eigenvalue weighted by Gasteiger charge is 2.36. The second-order valence-corrected chi connectivity index (χ2v) is 11.8. The summed E-state index contributed by atoms with van der Waals surface area (Å²) in [7, 11) is -0.460. The van der Waals surface area contributed by atoms with Crippen molar-refractivity contribution in [2.24, 2.45) is 0 Å². The van der Waals surface area contributed by atoms with Crippen molar-refractivity contribution in [1.29, 1.82) is 0 Å². The molecule has 0 aliphatic carbocycles. The summed E-state index contributed by atoms with van der Waals surface area (Å²) in [4.78, 5) is 11.7. The SMILES string of the molecule is COC(=O)c1cc(Cl)ccc1OCCO[Si](C)(C)C(C)(C)C. The van der Waals surface area contributed by atoms with Crippen LogP contribution in [0.4, 0.5) is 0 Å². The third kappa shape index (κ3) is 5.00. The van der Waals surface area contributed by atoms with Crippen molar-refractivity contribution in [3.05, 3.63) is 28.8 Å². The maximum atomic E-state index is 11.7. The molecule has 4 nitrogen and oxygen atoms in total. The van der Waals surface area contributed by atoms with E-state index in [4.69, 9.17) is 25.5 Å². The Labute approximate surface area is 138 Å². The zero-order valence-electron chi connectivity index (χ0n) is 14.2. The predicted molar refractivity (Wildman–Crippen MR) is 91.4 cm³/mol. The second-order valence-electron chi connectivity index (χ2n) is 6.59. The fourth-order valence-corrected chi connectivity index (χ4v) is 2.76. The summed E-state index contributed by atoms with van der Waals surface area (Å²) in [5.74, 6) is -0.0158. The van der Waals surface area contributed by atoms with Gasteiger partial charge in [0.2, 0.25) is 0 Å². The molecule has 6 heteroatoms. The van der Waals surface area contributed by atoms with Crippen LogP contribution in [0.2, 0.25) is 23.2 Å². The molecule has 0 bridgehead atoms. The lowest BCUT2D eigenvalue weighted by molar-refractivity contribution is 0.0595. The van der Waals surface area contributed by atoms with Gasteiger partial charge in [0.1, 0.15) is 17.9 Å². The van der Waals surface area contributed by atoms with Gasteiger partial charge in [-0.25, -0.2) is 4.79 Å². The molecule has 0 aromatic heterocycles. The topological polar surface area (TPSA) is 44.8 Å². The summed E-state index contributed by atoms with van der Waals surface area (Å²) >= 11 is 5.91. The Morgan fingerprint density at radius 2 is 1.86 bits per heavy atom. The zero-order chi connectivity index (χ0) is 17.0. The van der Waals surface area contributed by atoms with Gasteiger partial charge >= 0.3 is 5.97 Å². The smallest absolute Gasteiger partial charge is 0.341 e. The third-order valence-corrected chi connectivity index (χ3v) is 8.73. The molecule has 0 radical (unpaired) electrons. The molecule has 0 N–H and O–H groups in total. The third-order valence-electron chi connectivity index (χ3n) is 3.96. The van der Waals surface area contributed by atoms with Crippen LogP contribution < -0.4 is 4.74 Å². The fourth-order valence-electron chi connectivity index (χ4n) is 1.56. The molecule has 0 unspecified atom stereocenters. The lowest BCUT2D eigenvalue weighted by Crippen LogP contribution is -2.41. The molecule has 1 aromatic rings. The number of rotatable bonds is 6. The van der Waals surface area contributed by atoms with Gasteiger partial charge in [0.25, 0.3) is 0 Å². The summed E-state index contributed by atoms with van der Waals surface area (Å²) in [6, 6.07) is 4.89.